The fourth-order valence-corrected chi connectivity index (χ4v) is 0.620. The molecular formula is C5H6N3O3Y-. The maximum atomic E-state index is 10.9. The Labute approximate surface area is 92.1 Å². The van der Waals surface area contributed by atoms with E-state index in [1.807, 2.05) is 0 Å². The van der Waals surface area contributed by atoms with Crippen molar-refractivity contribution in [3.05, 3.63) is 31.5 Å². The van der Waals surface area contributed by atoms with Gasteiger partial charge in [-0.05, 0) is 14.1 Å². The van der Waals surface area contributed by atoms with Crippen LogP contribution in [0.3, 0.4) is 0 Å². The average Bonchev–Trinajstić information content (AvgIpc) is 1.97. The quantitative estimate of drug-likeness (QED) is 0.502. The molecule has 0 amide bonds. The van der Waals surface area contributed by atoms with Crippen LogP contribution in [0.25, 0.3) is 0 Å². The van der Waals surface area contributed by atoms with Crippen molar-refractivity contribution in [1.29, 1.82) is 0 Å². The van der Waals surface area contributed by atoms with Gasteiger partial charge in [-0.1, -0.05) is 0 Å². The largest absolute Gasteiger partial charge is 0.334 e. The molecule has 0 unspecified atom stereocenters. The van der Waals surface area contributed by atoms with E-state index in [0.717, 1.165) is 9.13 Å². The second-order valence-electron chi connectivity index (χ2n) is 2.08. The zero-order chi connectivity index (χ0) is 8.59. The van der Waals surface area contributed by atoms with E-state index < -0.39 is 17.1 Å². The van der Waals surface area contributed by atoms with Gasteiger partial charge in [-0.3, -0.25) is 19.4 Å². The third kappa shape index (κ3) is 1.81. The Hall–Kier alpha value is -0.486. The van der Waals surface area contributed by atoms with Gasteiger partial charge in [-0.25, -0.2) is 0 Å². The van der Waals surface area contributed by atoms with Gasteiger partial charge in [0.1, 0.15) is 0 Å². The van der Waals surface area contributed by atoms with Crippen molar-refractivity contribution in [2.24, 2.45) is 14.1 Å². The van der Waals surface area contributed by atoms with Crippen LogP contribution in [0.5, 0.6) is 0 Å². The predicted molar refractivity (Wildman–Crippen MR) is 36.5 cm³/mol. The summed E-state index contributed by atoms with van der Waals surface area (Å²) in [5, 5.41) is 0. The van der Waals surface area contributed by atoms with E-state index in [1.165, 1.54) is 14.1 Å². The summed E-state index contributed by atoms with van der Waals surface area (Å²) in [5.74, 6) is 0. The maximum absolute atomic E-state index is 10.9. The number of aromatic nitrogens is 3. The zero-order valence-electron chi connectivity index (χ0n) is 6.64. The Morgan fingerprint density at radius 1 is 1.00 bits per heavy atom. The molecule has 1 aromatic rings. The summed E-state index contributed by atoms with van der Waals surface area (Å²) >= 11 is 0. The summed E-state index contributed by atoms with van der Waals surface area (Å²) in [6.45, 7) is 0. The second kappa shape index (κ2) is 3.95. The molecule has 0 aliphatic carbocycles. The Morgan fingerprint density at radius 2 is 1.33 bits per heavy atom. The van der Waals surface area contributed by atoms with Crippen molar-refractivity contribution in [3.8, 4) is 0 Å². The van der Waals surface area contributed by atoms with E-state index in [1.54, 1.807) is 0 Å². The van der Waals surface area contributed by atoms with E-state index in [4.69, 9.17) is 0 Å². The molecule has 0 atom stereocenters. The molecule has 1 radical (unpaired) electrons. The molecule has 0 N–H and O–H groups in total. The minimum absolute atomic E-state index is 0. The molecule has 0 bridgehead atoms. The minimum Gasteiger partial charge on any atom is -0.334 e. The Morgan fingerprint density at radius 3 is 1.67 bits per heavy atom. The molecule has 12 heavy (non-hydrogen) atoms. The van der Waals surface area contributed by atoms with Gasteiger partial charge in [-0.15, -0.1) is 0 Å². The molecule has 0 saturated carbocycles. The Kier molecular flexibility index (Phi) is 3.79. The summed E-state index contributed by atoms with van der Waals surface area (Å²) in [5.41, 5.74) is -2.30. The molecular weight excluding hydrogens is 239 g/mol. The van der Waals surface area contributed by atoms with Crippen LogP contribution in [0.1, 0.15) is 0 Å². The molecule has 0 aliphatic rings. The number of hydrogen-bond donors (Lipinski definition) is 0. The van der Waals surface area contributed by atoms with E-state index in [9.17, 15) is 14.4 Å². The first kappa shape index (κ1) is 11.5. The molecule has 1 heterocycles. The van der Waals surface area contributed by atoms with Crippen LogP contribution in [0.15, 0.2) is 14.4 Å². The molecule has 63 valence electrons. The first-order valence-electron chi connectivity index (χ1n) is 2.85. The fraction of sp³-hybridized carbons (Fsp3) is 0.400. The number of hydrogen-bond acceptors (Lipinski definition) is 3. The molecule has 0 saturated heterocycles. The van der Waals surface area contributed by atoms with Crippen molar-refractivity contribution in [2.75, 3.05) is 0 Å². The van der Waals surface area contributed by atoms with Crippen LogP contribution in [0.4, 0.5) is 0 Å². The zero-order valence-corrected chi connectivity index (χ0v) is 9.48. The summed E-state index contributed by atoms with van der Waals surface area (Å²) in [4.78, 5) is 35.2. The van der Waals surface area contributed by atoms with Gasteiger partial charge >= 0.3 is 0 Å². The van der Waals surface area contributed by atoms with Gasteiger partial charge < -0.3 is 9.13 Å². The van der Waals surface area contributed by atoms with Crippen LogP contribution in [0.2, 0.25) is 0 Å². The third-order valence-electron chi connectivity index (χ3n) is 1.34. The normalized spacial score (nSPS) is 9.17. The van der Waals surface area contributed by atoms with Crippen molar-refractivity contribution >= 4 is 0 Å². The third-order valence-corrected chi connectivity index (χ3v) is 1.34. The van der Waals surface area contributed by atoms with Crippen molar-refractivity contribution in [2.45, 2.75) is 0 Å². The van der Waals surface area contributed by atoms with E-state index in [2.05, 4.69) is 4.98 Å². The molecule has 1 rings (SSSR count). The van der Waals surface area contributed by atoms with Gasteiger partial charge in [0.05, 0.1) is 0 Å². The van der Waals surface area contributed by atoms with Gasteiger partial charge in [0.25, 0.3) is 0 Å². The molecule has 0 spiro atoms. The topological polar surface area (TPSA) is 75.2 Å². The molecule has 7 heteroatoms. The first-order chi connectivity index (χ1) is 5.04. The monoisotopic (exact) mass is 245 g/mol. The Bertz CT molecular complexity index is 403. The van der Waals surface area contributed by atoms with Gasteiger partial charge in [-0.2, -0.15) is 0 Å². The summed E-state index contributed by atoms with van der Waals surface area (Å²) in [7, 11) is 2.52. The van der Waals surface area contributed by atoms with Gasteiger partial charge in [0.15, 0.2) is 0 Å². The van der Waals surface area contributed by atoms with Gasteiger partial charge in [0.2, 0.25) is 17.1 Å². The molecule has 0 aliphatic heterocycles. The van der Waals surface area contributed by atoms with Crippen LogP contribution in [-0.2, 0) is 46.8 Å². The standard InChI is InChI=1S/C5H7N3O3.Y/c1-7-3(9)6-4(10)8(2)5(7)11;/h1-2H3,(H,6,9,10);/p-1. The summed E-state index contributed by atoms with van der Waals surface area (Å²) in [6.07, 6.45) is 0. The van der Waals surface area contributed by atoms with Crippen LogP contribution < -0.4 is 22.1 Å². The van der Waals surface area contributed by atoms with E-state index in [0.29, 0.717) is 0 Å². The number of rotatable bonds is 0. The SMILES string of the molecule is Cn1c(=O)[n-]c(=O)n(C)c1=O.[Y]. The average molecular weight is 245 g/mol. The predicted octanol–water partition coefficient (Wildman–Crippen LogP) is -2.60. The second-order valence-corrected chi connectivity index (χ2v) is 2.08. The summed E-state index contributed by atoms with van der Waals surface area (Å²) < 4.78 is 1.53. The smallest absolute Gasteiger partial charge is 0.227 e. The van der Waals surface area contributed by atoms with Gasteiger partial charge in [0, 0.05) is 32.7 Å². The van der Waals surface area contributed by atoms with Crippen LogP contribution >= 0.6 is 0 Å². The molecule has 0 aromatic carbocycles. The fourth-order valence-electron chi connectivity index (χ4n) is 0.620. The van der Waals surface area contributed by atoms with Crippen molar-refractivity contribution < 1.29 is 32.7 Å². The van der Waals surface area contributed by atoms with Crippen LogP contribution in [-0.4, -0.2) is 9.13 Å². The maximum Gasteiger partial charge on any atom is 0.227 e. The van der Waals surface area contributed by atoms with Crippen molar-refractivity contribution in [3.63, 3.8) is 0 Å². The molecule has 0 fully saturated rings. The Balaban J connectivity index is 0.00000121. The van der Waals surface area contributed by atoms with Crippen molar-refractivity contribution in [1.82, 2.24) is 14.1 Å². The summed E-state index contributed by atoms with van der Waals surface area (Å²) in [6, 6.07) is 0. The molecule has 6 nitrogen and oxygen atoms in total. The number of nitrogens with zero attached hydrogens (tertiary/aromatic N) is 3. The molecule has 1 aromatic heterocycles. The van der Waals surface area contributed by atoms with Crippen LogP contribution in [0, 0.1) is 0 Å². The first-order valence-corrected chi connectivity index (χ1v) is 2.85. The minimum atomic E-state index is -0.821. The van der Waals surface area contributed by atoms with E-state index >= 15 is 0 Å². The van der Waals surface area contributed by atoms with E-state index in [-0.39, 0.29) is 32.7 Å².